The molecular formula is C20H23ClN6O2S. The molecule has 0 saturated carbocycles. The number of aromatic nitrogens is 3. The molecule has 1 aromatic heterocycles. The van der Waals surface area contributed by atoms with Crippen molar-refractivity contribution >= 4 is 35.0 Å². The number of thioether (sulfide) groups is 1. The quantitative estimate of drug-likeness (QED) is 0.324. The number of carbonyl (C=O) groups excluding carboxylic acids is 1. The lowest BCUT2D eigenvalue weighted by Crippen LogP contribution is -2.27. The number of nitrogens with one attached hydrogen (secondary N) is 2. The molecule has 0 aliphatic heterocycles. The SMILES string of the molecule is COc1ccc(NCc2nnc(SCC(=O)NCCc3ccccc3Cl)n2N)cc1. The minimum absolute atomic E-state index is 0.104. The Morgan fingerprint density at radius 2 is 1.97 bits per heavy atom. The van der Waals surface area contributed by atoms with E-state index in [-0.39, 0.29) is 11.7 Å². The van der Waals surface area contributed by atoms with Crippen LogP contribution in [-0.4, -0.2) is 40.2 Å². The topological polar surface area (TPSA) is 107 Å². The molecule has 1 amide bonds. The van der Waals surface area contributed by atoms with Crippen molar-refractivity contribution in [3.05, 3.63) is 64.9 Å². The van der Waals surface area contributed by atoms with Crippen molar-refractivity contribution in [2.45, 2.75) is 18.1 Å². The normalized spacial score (nSPS) is 10.6. The van der Waals surface area contributed by atoms with Gasteiger partial charge in [0.15, 0.2) is 5.82 Å². The van der Waals surface area contributed by atoms with Gasteiger partial charge < -0.3 is 21.2 Å². The van der Waals surface area contributed by atoms with Gasteiger partial charge in [0.2, 0.25) is 11.1 Å². The average Bonchev–Trinajstić information content (AvgIpc) is 3.12. The second kappa shape index (κ2) is 10.7. The number of nitrogen functional groups attached to an aromatic ring is 1. The number of methoxy groups -OCH3 is 1. The lowest BCUT2D eigenvalue weighted by atomic mass is 10.1. The lowest BCUT2D eigenvalue weighted by molar-refractivity contribution is -0.118. The largest absolute Gasteiger partial charge is 0.497 e. The highest BCUT2D eigenvalue weighted by atomic mass is 35.5. The van der Waals surface area contributed by atoms with E-state index in [0.29, 0.717) is 35.5 Å². The van der Waals surface area contributed by atoms with Crippen molar-refractivity contribution < 1.29 is 9.53 Å². The van der Waals surface area contributed by atoms with Crippen LogP contribution in [0, 0.1) is 0 Å². The van der Waals surface area contributed by atoms with Crippen LogP contribution >= 0.6 is 23.4 Å². The third kappa shape index (κ3) is 6.04. The molecule has 0 unspecified atom stereocenters. The predicted molar refractivity (Wildman–Crippen MR) is 119 cm³/mol. The molecule has 3 rings (SSSR count). The van der Waals surface area contributed by atoms with E-state index >= 15 is 0 Å². The number of amides is 1. The molecule has 2 aromatic carbocycles. The van der Waals surface area contributed by atoms with Crippen molar-refractivity contribution in [1.82, 2.24) is 20.2 Å². The molecule has 3 aromatic rings. The zero-order valence-electron chi connectivity index (χ0n) is 16.5. The van der Waals surface area contributed by atoms with Crippen LogP contribution in [0.4, 0.5) is 5.69 Å². The Morgan fingerprint density at radius 1 is 1.20 bits per heavy atom. The van der Waals surface area contributed by atoms with Crippen LogP contribution < -0.4 is 21.2 Å². The Morgan fingerprint density at radius 3 is 2.70 bits per heavy atom. The third-order valence-electron chi connectivity index (χ3n) is 4.28. The van der Waals surface area contributed by atoms with Gasteiger partial charge in [-0.3, -0.25) is 4.79 Å². The molecule has 1 heterocycles. The molecule has 30 heavy (non-hydrogen) atoms. The van der Waals surface area contributed by atoms with Crippen molar-refractivity contribution in [3.63, 3.8) is 0 Å². The molecule has 0 aliphatic carbocycles. The lowest BCUT2D eigenvalue weighted by Gasteiger charge is -2.08. The van der Waals surface area contributed by atoms with Gasteiger partial charge in [-0.15, -0.1) is 10.2 Å². The van der Waals surface area contributed by atoms with Crippen LogP contribution in [0.25, 0.3) is 0 Å². The van der Waals surface area contributed by atoms with Gasteiger partial charge in [0, 0.05) is 17.3 Å². The van der Waals surface area contributed by atoms with E-state index in [0.717, 1.165) is 17.0 Å². The summed E-state index contributed by atoms with van der Waals surface area (Å²) in [6.07, 6.45) is 0.671. The maximum absolute atomic E-state index is 12.1. The number of hydrogen-bond acceptors (Lipinski definition) is 7. The molecule has 0 radical (unpaired) electrons. The standard InChI is InChI=1S/C20H23ClN6O2S/c1-29-16-8-6-15(7-9-16)24-12-18-25-26-20(27(18)22)30-13-19(28)23-11-10-14-4-2-3-5-17(14)21/h2-9,24H,10-13,22H2,1H3,(H,23,28). The summed E-state index contributed by atoms with van der Waals surface area (Å²) in [4.78, 5) is 12.1. The molecule has 4 N–H and O–H groups in total. The van der Waals surface area contributed by atoms with Crippen molar-refractivity contribution in [2.75, 3.05) is 30.6 Å². The first kappa shape index (κ1) is 21.8. The van der Waals surface area contributed by atoms with E-state index in [4.69, 9.17) is 22.2 Å². The third-order valence-corrected chi connectivity index (χ3v) is 5.59. The number of hydrogen-bond donors (Lipinski definition) is 3. The Kier molecular flexibility index (Phi) is 7.81. The number of anilines is 1. The maximum Gasteiger partial charge on any atom is 0.230 e. The van der Waals surface area contributed by atoms with E-state index in [1.807, 2.05) is 48.5 Å². The highest BCUT2D eigenvalue weighted by Gasteiger charge is 2.12. The van der Waals surface area contributed by atoms with Crippen molar-refractivity contribution in [1.29, 1.82) is 0 Å². The first-order chi connectivity index (χ1) is 14.6. The highest BCUT2D eigenvalue weighted by molar-refractivity contribution is 7.99. The fourth-order valence-electron chi connectivity index (χ4n) is 2.64. The summed E-state index contributed by atoms with van der Waals surface area (Å²) in [5, 5.41) is 15.4. The fourth-order valence-corrected chi connectivity index (χ4v) is 3.57. The molecule has 158 valence electrons. The second-order valence-corrected chi connectivity index (χ2v) is 7.68. The van der Waals surface area contributed by atoms with Crippen LogP contribution in [0.5, 0.6) is 5.75 Å². The van der Waals surface area contributed by atoms with Gasteiger partial charge in [0.25, 0.3) is 0 Å². The second-order valence-electron chi connectivity index (χ2n) is 6.33. The Labute approximate surface area is 184 Å². The van der Waals surface area contributed by atoms with Crippen LogP contribution in [0.3, 0.4) is 0 Å². The molecule has 0 saturated heterocycles. The summed E-state index contributed by atoms with van der Waals surface area (Å²) in [5.74, 6) is 7.50. The number of benzene rings is 2. The number of carbonyl (C=O) groups is 1. The molecule has 0 bridgehead atoms. The summed E-state index contributed by atoms with van der Waals surface area (Å²) in [6, 6.07) is 15.1. The van der Waals surface area contributed by atoms with Gasteiger partial charge in [-0.05, 0) is 42.3 Å². The summed E-state index contributed by atoms with van der Waals surface area (Å²) in [7, 11) is 1.62. The molecule has 0 spiro atoms. The van der Waals surface area contributed by atoms with Gasteiger partial charge in [-0.1, -0.05) is 41.6 Å². The Hall–Kier alpha value is -2.91. The van der Waals surface area contributed by atoms with E-state index in [1.54, 1.807) is 7.11 Å². The van der Waals surface area contributed by atoms with Gasteiger partial charge >= 0.3 is 0 Å². The van der Waals surface area contributed by atoms with Crippen molar-refractivity contribution in [2.24, 2.45) is 0 Å². The molecule has 0 atom stereocenters. The molecule has 10 heteroatoms. The number of halogens is 1. The zero-order valence-corrected chi connectivity index (χ0v) is 18.0. The molecule has 8 nitrogen and oxygen atoms in total. The van der Waals surface area contributed by atoms with Gasteiger partial charge in [-0.2, -0.15) is 0 Å². The minimum Gasteiger partial charge on any atom is -0.497 e. The number of nitrogens with two attached hydrogens (primary N) is 1. The molecule has 0 aliphatic rings. The number of rotatable bonds is 10. The summed E-state index contributed by atoms with van der Waals surface area (Å²) in [5.41, 5.74) is 1.91. The van der Waals surface area contributed by atoms with E-state index in [1.165, 1.54) is 16.4 Å². The Balaban J connectivity index is 1.42. The highest BCUT2D eigenvalue weighted by Crippen LogP contribution is 2.18. The Bertz CT molecular complexity index is 980. The van der Waals surface area contributed by atoms with E-state index in [2.05, 4.69) is 20.8 Å². The monoisotopic (exact) mass is 446 g/mol. The number of ether oxygens (including phenoxy) is 1. The predicted octanol–water partition coefficient (Wildman–Crippen LogP) is 2.72. The van der Waals surface area contributed by atoms with Gasteiger partial charge in [0.1, 0.15) is 5.75 Å². The van der Waals surface area contributed by atoms with E-state index < -0.39 is 0 Å². The molecule has 0 fully saturated rings. The summed E-state index contributed by atoms with van der Waals surface area (Å²) < 4.78 is 6.52. The molecular weight excluding hydrogens is 424 g/mol. The average molecular weight is 447 g/mol. The van der Waals surface area contributed by atoms with Crippen LogP contribution in [0.2, 0.25) is 5.02 Å². The van der Waals surface area contributed by atoms with Crippen molar-refractivity contribution in [3.8, 4) is 5.75 Å². The minimum atomic E-state index is -0.104. The zero-order chi connectivity index (χ0) is 21.3. The summed E-state index contributed by atoms with van der Waals surface area (Å²) in [6.45, 7) is 0.913. The van der Waals surface area contributed by atoms with Crippen LogP contribution in [-0.2, 0) is 17.8 Å². The van der Waals surface area contributed by atoms with Gasteiger partial charge in [0.05, 0.1) is 19.4 Å². The fraction of sp³-hybridized carbons (Fsp3) is 0.250. The van der Waals surface area contributed by atoms with Gasteiger partial charge in [-0.25, -0.2) is 4.68 Å². The van der Waals surface area contributed by atoms with E-state index in [9.17, 15) is 4.79 Å². The first-order valence-corrected chi connectivity index (χ1v) is 10.6. The van der Waals surface area contributed by atoms with Crippen LogP contribution in [0.1, 0.15) is 11.4 Å². The maximum atomic E-state index is 12.1. The first-order valence-electron chi connectivity index (χ1n) is 9.27. The number of nitrogens with zero attached hydrogens (tertiary/aromatic N) is 3. The van der Waals surface area contributed by atoms with Crippen LogP contribution in [0.15, 0.2) is 53.7 Å². The smallest absolute Gasteiger partial charge is 0.230 e. The summed E-state index contributed by atoms with van der Waals surface area (Å²) >= 11 is 7.35.